The monoisotopic (exact) mass is 267 g/mol. The molecule has 0 saturated carbocycles. The molecule has 1 rings (SSSR count). The summed E-state index contributed by atoms with van der Waals surface area (Å²) in [6.45, 7) is 6.74. The van der Waals surface area contributed by atoms with Crippen molar-refractivity contribution in [2.45, 2.75) is 65.0 Å². The molecule has 0 fully saturated rings. The molecule has 0 bridgehead atoms. The summed E-state index contributed by atoms with van der Waals surface area (Å²) in [5.41, 5.74) is 1.31. The van der Waals surface area contributed by atoms with Gasteiger partial charge in [-0.2, -0.15) is 0 Å². The average molecular weight is 268 g/mol. The predicted molar refractivity (Wildman–Crippen MR) is 81.2 cm³/mol. The lowest BCUT2D eigenvalue weighted by Crippen LogP contribution is -2.32. The summed E-state index contributed by atoms with van der Waals surface area (Å²) in [5, 5.41) is 4.62. The van der Waals surface area contributed by atoms with E-state index in [0.717, 1.165) is 11.4 Å². The molecular formula is C16H26ClN. The van der Waals surface area contributed by atoms with E-state index in [0.29, 0.717) is 12.1 Å². The molecule has 1 N–H and O–H groups in total. The van der Waals surface area contributed by atoms with E-state index in [-0.39, 0.29) is 0 Å². The molecule has 1 aromatic rings. The maximum Gasteiger partial charge on any atom is 0.0409 e. The molecule has 102 valence electrons. The third-order valence-electron chi connectivity index (χ3n) is 3.37. The van der Waals surface area contributed by atoms with E-state index in [1.54, 1.807) is 0 Å². The molecule has 1 unspecified atom stereocenters. The number of rotatable bonds is 8. The zero-order chi connectivity index (χ0) is 13.4. The average Bonchev–Trinajstić information content (AvgIpc) is 2.36. The zero-order valence-electron chi connectivity index (χ0n) is 11.9. The summed E-state index contributed by atoms with van der Waals surface area (Å²) < 4.78 is 0. The van der Waals surface area contributed by atoms with Crippen molar-refractivity contribution in [1.29, 1.82) is 0 Å². The summed E-state index contributed by atoms with van der Waals surface area (Å²) in [7, 11) is 0. The van der Waals surface area contributed by atoms with Crippen LogP contribution in [0.5, 0.6) is 0 Å². The van der Waals surface area contributed by atoms with Crippen molar-refractivity contribution in [3.05, 3.63) is 34.9 Å². The Labute approximate surface area is 117 Å². The molecule has 0 heterocycles. The van der Waals surface area contributed by atoms with Gasteiger partial charge in [-0.05, 0) is 37.0 Å². The van der Waals surface area contributed by atoms with Gasteiger partial charge in [-0.1, -0.05) is 57.3 Å². The summed E-state index contributed by atoms with van der Waals surface area (Å²) >= 11 is 6.08. The number of halogens is 1. The summed E-state index contributed by atoms with van der Waals surface area (Å²) in [6, 6.07) is 9.28. The fraction of sp³-hybridized carbons (Fsp3) is 0.625. The molecule has 1 atom stereocenters. The Morgan fingerprint density at radius 2 is 1.78 bits per heavy atom. The van der Waals surface area contributed by atoms with E-state index in [9.17, 15) is 0 Å². The first-order valence-electron chi connectivity index (χ1n) is 7.22. The maximum atomic E-state index is 6.08. The van der Waals surface area contributed by atoms with Gasteiger partial charge in [0.1, 0.15) is 0 Å². The van der Waals surface area contributed by atoms with Crippen LogP contribution >= 0.6 is 11.6 Å². The standard InChI is InChI=1S/C16H26ClN/c1-4-8-15(9-5-2)18-16(6-3)13-10-7-11-14(17)12-13/h7,10-12,15-16,18H,4-6,8-9H2,1-3H3. The highest BCUT2D eigenvalue weighted by Gasteiger charge is 2.14. The highest BCUT2D eigenvalue weighted by atomic mass is 35.5. The molecule has 0 aliphatic rings. The van der Waals surface area contributed by atoms with Gasteiger partial charge in [0.25, 0.3) is 0 Å². The SMILES string of the molecule is CCCC(CCC)NC(CC)c1cccc(Cl)c1. The van der Waals surface area contributed by atoms with Gasteiger partial charge in [-0.25, -0.2) is 0 Å². The fourth-order valence-electron chi connectivity index (χ4n) is 2.47. The molecule has 0 spiro atoms. The largest absolute Gasteiger partial charge is 0.307 e. The Morgan fingerprint density at radius 3 is 2.28 bits per heavy atom. The second kappa shape index (κ2) is 8.55. The van der Waals surface area contributed by atoms with E-state index in [1.165, 1.54) is 31.2 Å². The minimum absolute atomic E-state index is 0.423. The van der Waals surface area contributed by atoms with Gasteiger partial charge < -0.3 is 5.32 Å². The van der Waals surface area contributed by atoms with Crippen molar-refractivity contribution in [2.24, 2.45) is 0 Å². The van der Waals surface area contributed by atoms with E-state index < -0.39 is 0 Å². The van der Waals surface area contributed by atoms with Crippen LogP contribution in [0.15, 0.2) is 24.3 Å². The summed E-state index contributed by atoms with van der Waals surface area (Å²) in [4.78, 5) is 0. The van der Waals surface area contributed by atoms with Gasteiger partial charge >= 0.3 is 0 Å². The van der Waals surface area contributed by atoms with E-state index in [1.807, 2.05) is 12.1 Å². The smallest absolute Gasteiger partial charge is 0.0409 e. The third-order valence-corrected chi connectivity index (χ3v) is 3.61. The van der Waals surface area contributed by atoms with Crippen LogP contribution in [0.25, 0.3) is 0 Å². The predicted octanol–water partition coefficient (Wildman–Crippen LogP) is 5.35. The number of nitrogens with one attached hydrogen (secondary N) is 1. The molecule has 0 saturated heterocycles. The van der Waals surface area contributed by atoms with Crippen molar-refractivity contribution in [3.8, 4) is 0 Å². The Balaban J connectivity index is 2.70. The molecule has 0 radical (unpaired) electrons. The van der Waals surface area contributed by atoms with Gasteiger partial charge in [0.2, 0.25) is 0 Å². The molecule has 18 heavy (non-hydrogen) atoms. The Morgan fingerprint density at radius 1 is 1.11 bits per heavy atom. The first-order valence-corrected chi connectivity index (χ1v) is 7.60. The van der Waals surface area contributed by atoms with E-state index in [4.69, 9.17) is 11.6 Å². The van der Waals surface area contributed by atoms with Gasteiger partial charge in [0.15, 0.2) is 0 Å². The quantitative estimate of drug-likeness (QED) is 0.669. The Hall–Kier alpha value is -0.530. The van der Waals surface area contributed by atoms with E-state index >= 15 is 0 Å². The van der Waals surface area contributed by atoms with Crippen LogP contribution in [0.1, 0.15) is 64.5 Å². The lowest BCUT2D eigenvalue weighted by Gasteiger charge is -2.25. The van der Waals surface area contributed by atoms with Crippen LogP contribution in [-0.2, 0) is 0 Å². The first-order chi connectivity index (χ1) is 8.71. The summed E-state index contributed by atoms with van der Waals surface area (Å²) in [5.74, 6) is 0. The summed E-state index contributed by atoms with van der Waals surface area (Å²) in [6.07, 6.45) is 6.09. The third kappa shape index (κ3) is 4.99. The molecule has 2 heteroatoms. The molecule has 1 nitrogen and oxygen atoms in total. The second-order valence-corrected chi connectivity index (χ2v) is 5.39. The fourth-order valence-corrected chi connectivity index (χ4v) is 2.66. The minimum Gasteiger partial charge on any atom is -0.307 e. The number of hydrogen-bond donors (Lipinski definition) is 1. The Bertz CT molecular complexity index is 332. The van der Waals surface area contributed by atoms with Crippen molar-refractivity contribution >= 4 is 11.6 Å². The number of hydrogen-bond acceptors (Lipinski definition) is 1. The highest BCUT2D eigenvalue weighted by Crippen LogP contribution is 2.22. The van der Waals surface area contributed by atoms with Gasteiger partial charge in [0.05, 0.1) is 0 Å². The minimum atomic E-state index is 0.423. The second-order valence-electron chi connectivity index (χ2n) is 4.96. The number of benzene rings is 1. The maximum absolute atomic E-state index is 6.08. The molecule has 1 aromatic carbocycles. The molecule has 0 aromatic heterocycles. The van der Waals surface area contributed by atoms with Crippen molar-refractivity contribution < 1.29 is 0 Å². The van der Waals surface area contributed by atoms with Crippen molar-refractivity contribution in [1.82, 2.24) is 5.32 Å². The van der Waals surface area contributed by atoms with E-state index in [2.05, 4.69) is 38.2 Å². The molecule has 0 aliphatic heterocycles. The molecule has 0 aliphatic carbocycles. The van der Waals surface area contributed by atoms with Crippen LogP contribution < -0.4 is 5.32 Å². The lowest BCUT2D eigenvalue weighted by molar-refractivity contribution is 0.382. The highest BCUT2D eigenvalue weighted by molar-refractivity contribution is 6.30. The van der Waals surface area contributed by atoms with Crippen molar-refractivity contribution in [2.75, 3.05) is 0 Å². The van der Waals surface area contributed by atoms with Crippen LogP contribution in [0, 0.1) is 0 Å². The van der Waals surface area contributed by atoms with Crippen LogP contribution in [0.3, 0.4) is 0 Å². The lowest BCUT2D eigenvalue weighted by atomic mass is 10.00. The van der Waals surface area contributed by atoms with Crippen LogP contribution in [0.2, 0.25) is 5.02 Å². The zero-order valence-corrected chi connectivity index (χ0v) is 12.6. The van der Waals surface area contributed by atoms with Crippen LogP contribution in [-0.4, -0.2) is 6.04 Å². The Kier molecular flexibility index (Phi) is 7.38. The van der Waals surface area contributed by atoms with Crippen molar-refractivity contribution in [3.63, 3.8) is 0 Å². The topological polar surface area (TPSA) is 12.0 Å². The van der Waals surface area contributed by atoms with Gasteiger partial charge in [-0.3, -0.25) is 0 Å². The van der Waals surface area contributed by atoms with Gasteiger partial charge in [0, 0.05) is 17.1 Å². The van der Waals surface area contributed by atoms with Crippen LogP contribution in [0.4, 0.5) is 0 Å². The molecule has 0 amide bonds. The normalized spacial score (nSPS) is 12.9. The first kappa shape index (κ1) is 15.5. The van der Waals surface area contributed by atoms with Gasteiger partial charge in [-0.15, -0.1) is 0 Å². The molecular weight excluding hydrogens is 242 g/mol.